The summed E-state index contributed by atoms with van der Waals surface area (Å²) in [5.74, 6) is -1.00. The number of hydrogen-bond donors (Lipinski definition) is 2. The average molecular weight is 430 g/mol. The van der Waals surface area contributed by atoms with Crippen LogP contribution in [-0.2, 0) is 0 Å². The number of carbonyl (C=O) groups excluding carboxylic acids is 1. The number of rotatable bonds is 3. The Kier molecular flexibility index (Phi) is 4.36. The normalized spacial score (nSPS) is 23.8. The second-order valence-electron chi connectivity index (χ2n) is 7.68. The van der Waals surface area contributed by atoms with Crippen LogP contribution in [0.2, 0.25) is 0 Å². The molecule has 2 aliphatic rings. The van der Waals surface area contributed by atoms with Crippen LogP contribution in [0.15, 0.2) is 36.7 Å². The lowest BCUT2D eigenvalue weighted by atomic mass is 10.0. The van der Waals surface area contributed by atoms with Gasteiger partial charge in [0.25, 0.3) is 0 Å². The van der Waals surface area contributed by atoms with Gasteiger partial charge < -0.3 is 20.2 Å². The summed E-state index contributed by atoms with van der Waals surface area (Å²) in [7, 11) is 0. The standard InChI is InChI=1S/C21H22F2N6O2/c22-13-3-4-16(23)15(10-13)18-2-1-7-28(18)19-6-9-29-20(26-19)17(11-24-29)25-21(31)27-8-5-14(30)12-27/h3-4,6,9-11,14,18,30H,1-2,5,7-8,12H2,(H,25,31)/t14-,18?/m0/s1/i7D2. The fourth-order valence-electron chi connectivity index (χ4n) is 4.07. The summed E-state index contributed by atoms with van der Waals surface area (Å²) in [6, 6.07) is 3.55. The first-order valence-electron chi connectivity index (χ1n) is 11.1. The number of fused-ring (bicyclic) bond motifs is 1. The van der Waals surface area contributed by atoms with E-state index in [-0.39, 0.29) is 36.4 Å². The zero-order chi connectivity index (χ0) is 23.3. The minimum absolute atomic E-state index is 0.0627. The average Bonchev–Trinajstić information content (AvgIpc) is 3.46. The number of hydrogen-bond acceptors (Lipinski definition) is 5. The minimum Gasteiger partial charge on any atom is -0.391 e. The molecule has 2 saturated heterocycles. The molecule has 1 aromatic carbocycles. The van der Waals surface area contributed by atoms with E-state index in [1.807, 2.05) is 0 Å². The first-order valence-corrected chi connectivity index (χ1v) is 10.1. The van der Waals surface area contributed by atoms with Crippen LogP contribution in [0.4, 0.5) is 25.1 Å². The Balaban J connectivity index is 1.50. The number of nitrogens with one attached hydrogen (secondary N) is 1. The SMILES string of the molecule is [2H]C1([2H])CCC(c2cc(F)ccc2F)N1c1ccn2ncc(NC(=O)N3CC[C@H](O)C3)c2n1. The van der Waals surface area contributed by atoms with E-state index < -0.39 is 36.3 Å². The van der Waals surface area contributed by atoms with Gasteiger partial charge >= 0.3 is 6.03 Å². The lowest BCUT2D eigenvalue weighted by Crippen LogP contribution is -2.33. The Morgan fingerprint density at radius 2 is 2.16 bits per heavy atom. The van der Waals surface area contributed by atoms with Gasteiger partial charge in [-0.1, -0.05) is 0 Å². The van der Waals surface area contributed by atoms with Crippen LogP contribution in [0.3, 0.4) is 0 Å². The highest BCUT2D eigenvalue weighted by atomic mass is 19.1. The Hall–Kier alpha value is -3.27. The van der Waals surface area contributed by atoms with Gasteiger partial charge in [-0.15, -0.1) is 0 Å². The lowest BCUT2D eigenvalue weighted by Gasteiger charge is -2.26. The molecule has 0 radical (unpaired) electrons. The van der Waals surface area contributed by atoms with E-state index in [9.17, 15) is 18.7 Å². The first kappa shape index (κ1) is 17.4. The van der Waals surface area contributed by atoms with Crippen molar-refractivity contribution in [1.82, 2.24) is 19.5 Å². The number of carbonyl (C=O) groups is 1. The molecule has 2 aromatic heterocycles. The smallest absolute Gasteiger partial charge is 0.322 e. The number of nitrogens with zero attached hydrogens (tertiary/aromatic N) is 5. The van der Waals surface area contributed by atoms with Gasteiger partial charge in [-0.05, 0) is 43.5 Å². The summed E-state index contributed by atoms with van der Waals surface area (Å²) < 4.78 is 46.7. The van der Waals surface area contributed by atoms with Crippen LogP contribution < -0.4 is 10.2 Å². The number of likely N-dealkylation sites (tertiary alicyclic amines) is 1. The molecule has 10 heteroatoms. The van der Waals surface area contributed by atoms with Crippen molar-refractivity contribution >= 4 is 23.2 Å². The van der Waals surface area contributed by atoms with E-state index in [0.717, 1.165) is 18.2 Å². The maximum Gasteiger partial charge on any atom is 0.322 e. The van der Waals surface area contributed by atoms with E-state index in [1.54, 1.807) is 12.3 Å². The molecule has 2 amide bonds. The number of anilines is 2. The van der Waals surface area contributed by atoms with Crippen molar-refractivity contribution in [3.63, 3.8) is 0 Å². The van der Waals surface area contributed by atoms with E-state index >= 15 is 0 Å². The molecule has 0 saturated carbocycles. The van der Waals surface area contributed by atoms with Crippen molar-refractivity contribution in [3.8, 4) is 0 Å². The van der Waals surface area contributed by atoms with Gasteiger partial charge in [-0.3, -0.25) is 0 Å². The lowest BCUT2D eigenvalue weighted by molar-refractivity contribution is 0.176. The molecule has 2 fully saturated rings. The van der Waals surface area contributed by atoms with Crippen molar-refractivity contribution < 1.29 is 21.4 Å². The van der Waals surface area contributed by atoms with E-state index in [4.69, 9.17) is 2.74 Å². The zero-order valence-corrected chi connectivity index (χ0v) is 16.5. The number of aliphatic hydroxyl groups excluding tert-OH is 1. The number of benzene rings is 1. The number of halogens is 2. The van der Waals surface area contributed by atoms with Gasteiger partial charge in [0.15, 0.2) is 5.65 Å². The van der Waals surface area contributed by atoms with Gasteiger partial charge in [-0.25, -0.2) is 23.1 Å². The topological polar surface area (TPSA) is 86.0 Å². The molecular weight excluding hydrogens is 406 g/mol. The molecule has 2 N–H and O–H groups in total. The summed E-state index contributed by atoms with van der Waals surface area (Å²) in [5.41, 5.74) is 0.658. The second kappa shape index (κ2) is 7.77. The molecule has 2 aliphatic heterocycles. The summed E-state index contributed by atoms with van der Waals surface area (Å²) >= 11 is 0. The molecule has 1 unspecified atom stereocenters. The maximum atomic E-state index is 14.5. The van der Waals surface area contributed by atoms with Crippen LogP contribution in [0.5, 0.6) is 0 Å². The van der Waals surface area contributed by atoms with Crippen LogP contribution in [0.1, 0.15) is 33.6 Å². The predicted octanol–water partition coefficient (Wildman–Crippen LogP) is 2.95. The fourth-order valence-corrected chi connectivity index (χ4v) is 4.07. The molecule has 4 heterocycles. The minimum atomic E-state index is -1.84. The highest BCUT2D eigenvalue weighted by Crippen LogP contribution is 2.37. The zero-order valence-electron chi connectivity index (χ0n) is 18.5. The highest BCUT2D eigenvalue weighted by Gasteiger charge is 2.30. The van der Waals surface area contributed by atoms with Crippen molar-refractivity contribution in [2.24, 2.45) is 0 Å². The third kappa shape index (κ3) is 3.67. The molecule has 3 aromatic rings. The molecule has 162 valence electrons. The Bertz CT molecular complexity index is 1220. The van der Waals surface area contributed by atoms with Gasteiger partial charge in [0.2, 0.25) is 0 Å². The third-order valence-corrected chi connectivity index (χ3v) is 5.62. The predicted molar refractivity (Wildman–Crippen MR) is 110 cm³/mol. The number of aromatic nitrogens is 3. The quantitative estimate of drug-likeness (QED) is 0.667. The van der Waals surface area contributed by atoms with Crippen molar-refractivity contribution in [2.75, 3.05) is 29.8 Å². The largest absolute Gasteiger partial charge is 0.391 e. The number of β-amino-alcohol motifs (C(OH)–C–C–N with tert-alkyl or cyclic N) is 1. The molecule has 0 spiro atoms. The summed E-state index contributed by atoms with van der Waals surface area (Å²) in [6.45, 7) is -1.18. The van der Waals surface area contributed by atoms with Gasteiger partial charge in [-0.2, -0.15) is 5.10 Å². The Morgan fingerprint density at radius 1 is 1.29 bits per heavy atom. The molecule has 2 atom stereocenters. The molecule has 0 bridgehead atoms. The maximum absolute atomic E-state index is 14.5. The van der Waals surface area contributed by atoms with Gasteiger partial charge in [0.05, 0.1) is 18.3 Å². The third-order valence-electron chi connectivity index (χ3n) is 5.62. The first-order chi connectivity index (χ1) is 15.7. The van der Waals surface area contributed by atoms with Crippen LogP contribution >= 0.6 is 0 Å². The van der Waals surface area contributed by atoms with Crippen molar-refractivity contribution in [3.05, 3.63) is 53.9 Å². The van der Waals surface area contributed by atoms with E-state index in [0.29, 0.717) is 18.7 Å². The number of amides is 2. The molecule has 31 heavy (non-hydrogen) atoms. The van der Waals surface area contributed by atoms with Crippen molar-refractivity contribution in [1.29, 1.82) is 0 Å². The summed E-state index contributed by atoms with van der Waals surface area (Å²) in [4.78, 5) is 19.9. The number of aliphatic hydroxyl groups is 1. The number of urea groups is 1. The van der Waals surface area contributed by atoms with Gasteiger partial charge in [0.1, 0.15) is 23.1 Å². The van der Waals surface area contributed by atoms with E-state index in [1.165, 1.54) is 20.5 Å². The summed E-state index contributed by atoms with van der Waals surface area (Å²) in [6.07, 6.45) is 3.34. The van der Waals surface area contributed by atoms with Crippen molar-refractivity contribution in [2.45, 2.75) is 31.4 Å². The molecule has 5 rings (SSSR count). The monoisotopic (exact) mass is 430 g/mol. The van der Waals surface area contributed by atoms with Crippen LogP contribution in [-0.4, -0.2) is 56.3 Å². The van der Waals surface area contributed by atoms with Crippen LogP contribution in [0, 0.1) is 11.6 Å². The van der Waals surface area contributed by atoms with E-state index in [2.05, 4.69) is 15.4 Å². The summed E-state index contributed by atoms with van der Waals surface area (Å²) in [5, 5.41) is 16.6. The second-order valence-corrected chi connectivity index (χ2v) is 7.68. The molecule has 0 aliphatic carbocycles. The Morgan fingerprint density at radius 3 is 2.97 bits per heavy atom. The van der Waals surface area contributed by atoms with Crippen LogP contribution in [0.25, 0.3) is 5.65 Å². The Labute approximate surface area is 179 Å². The highest BCUT2D eigenvalue weighted by molar-refractivity contribution is 5.93. The molecular formula is C21H22F2N6O2. The fraction of sp³-hybridized carbons (Fsp3) is 0.381. The van der Waals surface area contributed by atoms with Gasteiger partial charge in [0, 0.05) is 34.1 Å². The molecule has 8 nitrogen and oxygen atoms in total.